The maximum Gasteiger partial charge on any atom is 0.256 e. The molecule has 2 aromatic rings. The number of thiophene rings is 1. The second kappa shape index (κ2) is 6.24. The number of likely N-dealkylation sites (N-methyl/N-ethyl adjacent to an activating group) is 1. The van der Waals surface area contributed by atoms with Gasteiger partial charge in [-0.3, -0.25) is 4.79 Å². The molecule has 2 aliphatic rings. The number of phenols is 1. The number of benzene rings is 1. The van der Waals surface area contributed by atoms with Gasteiger partial charge in [-0.05, 0) is 32.0 Å². The van der Waals surface area contributed by atoms with Crippen LogP contribution >= 0.6 is 11.3 Å². The van der Waals surface area contributed by atoms with E-state index in [1.54, 1.807) is 23.5 Å². The molecule has 0 unspecified atom stereocenters. The van der Waals surface area contributed by atoms with Crippen LogP contribution in [0.1, 0.15) is 39.5 Å². The minimum absolute atomic E-state index is 0.0617. The van der Waals surface area contributed by atoms with Crippen molar-refractivity contribution < 1.29 is 14.6 Å². The van der Waals surface area contributed by atoms with Crippen molar-refractivity contribution in [2.45, 2.75) is 26.1 Å². The van der Waals surface area contributed by atoms with Gasteiger partial charge in [-0.1, -0.05) is 12.1 Å². The van der Waals surface area contributed by atoms with Gasteiger partial charge in [0.15, 0.2) is 11.5 Å². The average molecular weight is 359 g/mol. The number of nitrogens with one attached hydrogen (secondary N) is 2. The molecular formula is C18H21N3O3S. The molecule has 7 heteroatoms. The summed E-state index contributed by atoms with van der Waals surface area (Å²) in [5.74, 6) is 0.405. The molecule has 4 rings (SSSR count). The van der Waals surface area contributed by atoms with Crippen LogP contribution < -0.4 is 15.4 Å². The molecule has 0 aliphatic carbocycles. The highest BCUT2D eigenvalue weighted by atomic mass is 32.1. The Hall–Kier alpha value is -2.25. The molecule has 0 radical (unpaired) electrons. The zero-order chi connectivity index (χ0) is 17.6. The lowest BCUT2D eigenvalue weighted by atomic mass is 10.0. The number of amides is 1. The molecule has 132 valence electrons. The zero-order valence-electron chi connectivity index (χ0n) is 14.3. The normalized spacial score (nSPS) is 19.6. The molecule has 0 bridgehead atoms. The van der Waals surface area contributed by atoms with Gasteiger partial charge < -0.3 is 25.4 Å². The molecular weight excluding hydrogens is 338 g/mol. The molecule has 0 saturated carbocycles. The molecule has 1 aromatic carbocycles. The molecule has 1 atom stereocenters. The second-order valence-electron chi connectivity index (χ2n) is 6.37. The standard InChI is InChI=1S/C18H21N3O3S/c1-3-24-12-6-4-5-11(15(12)22)16-19-17(23)14-10-7-8-21(2)9-13(10)25-18(14)20-16/h4-6,16,20,22H,3,7-9H2,1-2H3,(H,19,23)/t16-/m1/s1. The minimum Gasteiger partial charge on any atom is -0.504 e. The van der Waals surface area contributed by atoms with E-state index in [1.165, 1.54) is 4.88 Å². The van der Waals surface area contributed by atoms with E-state index in [9.17, 15) is 9.90 Å². The Bertz CT molecular complexity index is 833. The number of hydrogen-bond donors (Lipinski definition) is 3. The second-order valence-corrected chi connectivity index (χ2v) is 7.48. The number of nitrogens with zero attached hydrogens (tertiary/aromatic N) is 1. The maximum absolute atomic E-state index is 12.7. The van der Waals surface area contributed by atoms with Crippen molar-refractivity contribution in [2.75, 3.05) is 25.5 Å². The number of hydrogen-bond acceptors (Lipinski definition) is 6. The average Bonchev–Trinajstić information content (AvgIpc) is 2.94. The van der Waals surface area contributed by atoms with Crippen LogP contribution in [0.25, 0.3) is 0 Å². The van der Waals surface area contributed by atoms with Gasteiger partial charge in [-0.25, -0.2) is 0 Å². The SMILES string of the molecule is CCOc1cccc([C@@H]2NC(=O)c3c(sc4c3CCN(C)C4)N2)c1O. The predicted molar refractivity (Wildman–Crippen MR) is 97.5 cm³/mol. The number of ether oxygens (including phenoxy) is 1. The number of carbonyl (C=O) groups excluding carboxylic acids is 1. The highest BCUT2D eigenvalue weighted by molar-refractivity contribution is 7.16. The molecule has 0 spiro atoms. The van der Waals surface area contributed by atoms with Crippen molar-refractivity contribution in [3.05, 3.63) is 39.8 Å². The first kappa shape index (κ1) is 16.2. The first-order valence-electron chi connectivity index (χ1n) is 8.43. The summed E-state index contributed by atoms with van der Waals surface area (Å²) in [6.45, 7) is 4.17. The molecule has 0 saturated heterocycles. The number of fused-ring (bicyclic) bond motifs is 3. The van der Waals surface area contributed by atoms with Crippen molar-refractivity contribution >= 4 is 22.2 Å². The van der Waals surface area contributed by atoms with E-state index in [4.69, 9.17) is 4.74 Å². The lowest BCUT2D eigenvalue weighted by Crippen LogP contribution is -2.38. The van der Waals surface area contributed by atoms with Crippen LogP contribution in [-0.4, -0.2) is 36.1 Å². The summed E-state index contributed by atoms with van der Waals surface area (Å²) in [5, 5.41) is 17.7. The van der Waals surface area contributed by atoms with Crippen molar-refractivity contribution in [2.24, 2.45) is 0 Å². The highest BCUT2D eigenvalue weighted by Gasteiger charge is 2.33. The predicted octanol–water partition coefficient (Wildman–Crippen LogP) is 2.69. The molecule has 1 aromatic heterocycles. The van der Waals surface area contributed by atoms with Crippen LogP contribution in [0.15, 0.2) is 18.2 Å². The minimum atomic E-state index is -0.474. The van der Waals surface area contributed by atoms with Crippen LogP contribution in [0.2, 0.25) is 0 Å². The van der Waals surface area contributed by atoms with E-state index in [-0.39, 0.29) is 11.7 Å². The molecule has 0 fully saturated rings. The van der Waals surface area contributed by atoms with Crippen molar-refractivity contribution in [1.29, 1.82) is 0 Å². The van der Waals surface area contributed by atoms with Crippen molar-refractivity contribution in [1.82, 2.24) is 10.2 Å². The summed E-state index contributed by atoms with van der Waals surface area (Å²) in [7, 11) is 2.09. The maximum atomic E-state index is 12.7. The lowest BCUT2D eigenvalue weighted by Gasteiger charge is -2.28. The summed E-state index contributed by atoms with van der Waals surface area (Å²) < 4.78 is 5.45. The molecule has 3 N–H and O–H groups in total. The van der Waals surface area contributed by atoms with Gasteiger partial charge in [-0.15, -0.1) is 11.3 Å². The van der Waals surface area contributed by atoms with Crippen molar-refractivity contribution in [3.63, 3.8) is 0 Å². The number of rotatable bonds is 3. The quantitative estimate of drug-likeness (QED) is 0.786. The smallest absolute Gasteiger partial charge is 0.256 e. The van der Waals surface area contributed by atoms with Gasteiger partial charge in [-0.2, -0.15) is 0 Å². The van der Waals surface area contributed by atoms with Gasteiger partial charge in [0.1, 0.15) is 11.2 Å². The summed E-state index contributed by atoms with van der Waals surface area (Å²) in [5.41, 5.74) is 2.53. The van der Waals surface area contributed by atoms with Gasteiger partial charge in [0.05, 0.1) is 12.2 Å². The van der Waals surface area contributed by atoms with E-state index in [1.807, 2.05) is 13.0 Å². The number of anilines is 1. The topological polar surface area (TPSA) is 73.8 Å². The number of para-hydroxylation sites is 1. The Labute approximate surface area is 150 Å². The van der Waals surface area contributed by atoms with E-state index < -0.39 is 6.17 Å². The molecule has 25 heavy (non-hydrogen) atoms. The summed E-state index contributed by atoms with van der Waals surface area (Å²) in [6.07, 6.45) is 0.418. The van der Waals surface area contributed by atoms with Gasteiger partial charge in [0, 0.05) is 23.5 Å². The monoisotopic (exact) mass is 359 g/mol. The van der Waals surface area contributed by atoms with Crippen LogP contribution in [0.5, 0.6) is 11.5 Å². The largest absolute Gasteiger partial charge is 0.504 e. The van der Waals surface area contributed by atoms with E-state index >= 15 is 0 Å². The third kappa shape index (κ3) is 2.73. The molecule has 3 heterocycles. The number of carbonyl (C=O) groups is 1. The lowest BCUT2D eigenvalue weighted by molar-refractivity contribution is 0.0934. The number of phenolic OH excluding ortho intramolecular Hbond substituents is 1. The fourth-order valence-electron chi connectivity index (χ4n) is 3.44. The zero-order valence-corrected chi connectivity index (χ0v) is 15.1. The van der Waals surface area contributed by atoms with Crippen LogP contribution in [0, 0.1) is 0 Å². The summed E-state index contributed by atoms with van der Waals surface area (Å²) in [4.78, 5) is 16.2. The third-order valence-corrected chi connectivity index (χ3v) is 5.81. The van der Waals surface area contributed by atoms with Crippen LogP contribution in [-0.2, 0) is 13.0 Å². The molecule has 1 amide bonds. The Balaban J connectivity index is 1.69. The summed E-state index contributed by atoms with van der Waals surface area (Å²) in [6, 6.07) is 5.33. The Morgan fingerprint density at radius 1 is 1.40 bits per heavy atom. The first-order valence-corrected chi connectivity index (χ1v) is 9.25. The fraction of sp³-hybridized carbons (Fsp3) is 0.389. The van der Waals surface area contributed by atoms with E-state index in [0.29, 0.717) is 17.9 Å². The van der Waals surface area contributed by atoms with Crippen LogP contribution in [0.3, 0.4) is 0 Å². The molecule has 6 nitrogen and oxygen atoms in total. The number of aromatic hydroxyl groups is 1. The van der Waals surface area contributed by atoms with Crippen molar-refractivity contribution in [3.8, 4) is 11.5 Å². The Kier molecular flexibility index (Phi) is 4.05. The summed E-state index contributed by atoms with van der Waals surface area (Å²) >= 11 is 1.64. The third-order valence-electron chi connectivity index (χ3n) is 4.67. The van der Waals surface area contributed by atoms with E-state index in [2.05, 4.69) is 22.6 Å². The Morgan fingerprint density at radius 3 is 3.04 bits per heavy atom. The Morgan fingerprint density at radius 2 is 2.24 bits per heavy atom. The van der Waals surface area contributed by atoms with Gasteiger partial charge >= 0.3 is 0 Å². The highest BCUT2D eigenvalue weighted by Crippen LogP contribution is 2.42. The van der Waals surface area contributed by atoms with Gasteiger partial charge in [0.25, 0.3) is 5.91 Å². The molecule has 2 aliphatic heterocycles. The van der Waals surface area contributed by atoms with Crippen LogP contribution in [0.4, 0.5) is 5.00 Å². The van der Waals surface area contributed by atoms with Gasteiger partial charge in [0.2, 0.25) is 0 Å². The van der Waals surface area contributed by atoms with E-state index in [0.717, 1.165) is 35.6 Å². The first-order chi connectivity index (χ1) is 12.1. The fourth-order valence-corrected chi connectivity index (χ4v) is 4.80.